The summed E-state index contributed by atoms with van der Waals surface area (Å²) in [6.07, 6.45) is 2.99. The highest BCUT2D eigenvalue weighted by Gasteiger charge is 2.21. The van der Waals surface area contributed by atoms with Crippen molar-refractivity contribution in [1.82, 2.24) is 15.0 Å². The number of furan rings is 1. The van der Waals surface area contributed by atoms with Gasteiger partial charge in [-0.1, -0.05) is 28.9 Å². The first-order chi connectivity index (χ1) is 11.3. The van der Waals surface area contributed by atoms with E-state index in [1.807, 2.05) is 42.6 Å². The van der Waals surface area contributed by atoms with E-state index >= 15 is 0 Å². The van der Waals surface area contributed by atoms with Gasteiger partial charge in [-0.2, -0.15) is 0 Å². The van der Waals surface area contributed by atoms with Crippen LogP contribution in [0.2, 0.25) is 5.02 Å². The predicted octanol–water partition coefficient (Wildman–Crippen LogP) is 3.74. The highest BCUT2D eigenvalue weighted by Crippen LogP contribution is 2.26. The van der Waals surface area contributed by atoms with Gasteiger partial charge >= 0.3 is 0 Å². The van der Waals surface area contributed by atoms with Crippen molar-refractivity contribution in [3.8, 4) is 11.3 Å². The molecule has 1 atom stereocenters. The Kier molecular flexibility index (Phi) is 3.89. The number of ether oxygens (including phenoxy) is 1. The average molecular weight is 330 g/mol. The summed E-state index contributed by atoms with van der Waals surface area (Å²) in [7, 11) is 0. The number of rotatable bonds is 4. The van der Waals surface area contributed by atoms with Crippen LogP contribution >= 0.6 is 11.6 Å². The molecule has 0 radical (unpaired) electrons. The third-order valence-corrected chi connectivity index (χ3v) is 4.23. The second kappa shape index (κ2) is 6.18. The Morgan fingerprint density at radius 1 is 1.26 bits per heavy atom. The summed E-state index contributed by atoms with van der Waals surface area (Å²) in [5, 5.41) is 9.12. The molecule has 0 N–H and O–H groups in total. The van der Waals surface area contributed by atoms with Gasteiger partial charge in [-0.15, -0.1) is 5.10 Å². The van der Waals surface area contributed by atoms with E-state index in [-0.39, 0.29) is 0 Å². The third-order valence-electron chi connectivity index (χ3n) is 3.99. The van der Waals surface area contributed by atoms with Crippen LogP contribution in [-0.2, 0) is 11.3 Å². The number of halogens is 1. The molecular weight excluding hydrogens is 314 g/mol. The number of hydrogen-bond donors (Lipinski definition) is 0. The molecule has 4 rings (SSSR count). The molecule has 0 saturated carbocycles. The monoisotopic (exact) mass is 329 g/mol. The maximum atomic E-state index is 6.02. The fourth-order valence-electron chi connectivity index (χ4n) is 2.76. The fraction of sp³-hybridized carbons (Fsp3) is 0.294. The molecule has 118 valence electrons. The molecule has 1 fully saturated rings. The number of nitrogens with zero attached hydrogens (tertiary/aromatic N) is 3. The molecular formula is C17H16ClN3O2. The SMILES string of the molecule is Clc1cccc(-c2ccc(Cn3cc([C@@H]4CCOC4)nn3)o2)c1. The largest absolute Gasteiger partial charge is 0.459 e. The Bertz CT molecular complexity index is 806. The average Bonchev–Trinajstić information content (AvgIpc) is 3.29. The molecule has 1 aliphatic rings. The van der Waals surface area contributed by atoms with Crippen molar-refractivity contribution in [2.45, 2.75) is 18.9 Å². The van der Waals surface area contributed by atoms with Gasteiger partial charge in [0.2, 0.25) is 0 Å². The standard InChI is InChI=1S/C17H16ClN3O2/c18-14-3-1-2-12(8-14)17-5-4-15(23-17)9-21-10-16(19-20-21)13-6-7-22-11-13/h1-5,8,10,13H,6-7,9,11H2/t13-/m1/s1. The molecule has 1 saturated heterocycles. The molecule has 6 heteroatoms. The summed E-state index contributed by atoms with van der Waals surface area (Å²) in [6.45, 7) is 2.10. The molecule has 1 aliphatic heterocycles. The van der Waals surface area contributed by atoms with E-state index in [0.29, 0.717) is 17.5 Å². The molecule has 3 aromatic rings. The van der Waals surface area contributed by atoms with Gasteiger partial charge in [0.15, 0.2) is 0 Å². The molecule has 0 unspecified atom stereocenters. The molecule has 5 nitrogen and oxygen atoms in total. The van der Waals surface area contributed by atoms with E-state index in [0.717, 1.165) is 42.4 Å². The summed E-state index contributed by atoms with van der Waals surface area (Å²) >= 11 is 6.02. The zero-order chi connectivity index (χ0) is 15.6. The maximum absolute atomic E-state index is 6.02. The van der Waals surface area contributed by atoms with E-state index < -0.39 is 0 Å². The lowest BCUT2D eigenvalue weighted by atomic mass is 10.1. The number of hydrogen-bond acceptors (Lipinski definition) is 4. The van der Waals surface area contributed by atoms with Gasteiger partial charge in [0.05, 0.1) is 12.3 Å². The number of aromatic nitrogens is 3. The molecule has 2 aromatic heterocycles. The van der Waals surface area contributed by atoms with Crippen molar-refractivity contribution >= 4 is 11.6 Å². The van der Waals surface area contributed by atoms with Gasteiger partial charge in [0.25, 0.3) is 0 Å². The zero-order valence-electron chi connectivity index (χ0n) is 12.5. The minimum Gasteiger partial charge on any atom is -0.459 e. The van der Waals surface area contributed by atoms with Crippen LogP contribution in [0.4, 0.5) is 0 Å². The summed E-state index contributed by atoms with van der Waals surface area (Å²) in [6, 6.07) is 11.5. The van der Waals surface area contributed by atoms with E-state index in [1.165, 1.54) is 0 Å². The van der Waals surface area contributed by atoms with E-state index in [2.05, 4.69) is 10.3 Å². The van der Waals surface area contributed by atoms with Crippen molar-refractivity contribution in [3.63, 3.8) is 0 Å². The Labute approximate surface area is 138 Å². The first kappa shape index (κ1) is 14.5. The zero-order valence-corrected chi connectivity index (χ0v) is 13.2. The van der Waals surface area contributed by atoms with Crippen LogP contribution in [0.25, 0.3) is 11.3 Å². The van der Waals surface area contributed by atoms with Crippen molar-refractivity contribution in [2.24, 2.45) is 0 Å². The Balaban J connectivity index is 1.49. The molecule has 23 heavy (non-hydrogen) atoms. The van der Waals surface area contributed by atoms with Gasteiger partial charge in [-0.3, -0.25) is 0 Å². The summed E-state index contributed by atoms with van der Waals surface area (Å²) in [5.41, 5.74) is 1.95. The number of benzene rings is 1. The minimum absolute atomic E-state index is 0.363. The van der Waals surface area contributed by atoms with E-state index in [9.17, 15) is 0 Å². The molecule has 0 spiro atoms. The lowest BCUT2D eigenvalue weighted by molar-refractivity contribution is 0.193. The van der Waals surface area contributed by atoms with Gasteiger partial charge in [-0.05, 0) is 30.7 Å². The smallest absolute Gasteiger partial charge is 0.134 e. The van der Waals surface area contributed by atoms with Crippen LogP contribution in [-0.4, -0.2) is 28.2 Å². The van der Waals surface area contributed by atoms with Gasteiger partial charge < -0.3 is 9.15 Å². The minimum atomic E-state index is 0.363. The van der Waals surface area contributed by atoms with Crippen LogP contribution in [0.5, 0.6) is 0 Å². The van der Waals surface area contributed by atoms with Gasteiger partial charge in [0, 0.05) is 29.3 Å². The summed E-state index contributed by atoms with van der Waals surface area (Å²) in [4.78, 5) is 0. The lowest BCUT2D eigenvalue weighted by Crippen LogP contribution is -1.99. The van der Waals surface area contributed by atoms with Crippen LogP contribution in [0.1, 0.15) is 23.8 Å². The Morgan fingerprint density at radius 2 is 2.22 bits per heavy atom. The lowest BCUT2D eigenvalue weighted by Gasteiger charge is -2.00. The molecule has 0 bridgehead atoms. The highest BCUT2D eigenvalue weighted by molar-refractivity contribution is 6.30. The maximum Gasteiger partial charge on any atom is 0.134 e. The summed E-state index contributed by atoms with van der Waals surface area (Å²) in [5.74, 6) is 1.99. The van der Waals surface area contributed by atoms with Crippen molar-refractivity contribution in [1.29, 1.82) is 0 Å². The van der Waals surface area contributed by atoms with E-state index in [1.54, 1.807) is 4.68 Å². The highest BCUT2D eigenvalue weighted by atomic mass is 35.5. The Hall–Kier alpha value is -2.11. The molecule has 1 aromatic carbocycles. The molecule has 0 aliphatic carbocycles. The topological polar surface area (TPSA) is 53.1 Å². The quantitative estimate of drug-likeness (QED) is 0.731. The summed E-state index contributed by atoms with van der Waals surface area (Å²) < 4.78 is 13.1. The van der Waals surface area contributed by atoms with Crippen molar-refractivity contribution in [2.75, 3.05) is 13.2 Å². The van der Waals surface area contributed by atoms with Gasteiger partial charge in [-0.25, -0.2) is 4.68 Å². The fourth-order valence-corrected chi connectivity index (χ4v) is 2.96. The van der Waals surface area contributed by atoms with Crippen molar-refractivity contribution in [3.05, 3.63) is 59.1 Å². The first-order valence-electron chi connectivity index (χ1n) is 7.60. The predicted molar refractivity (Wildman–Crippen MR) is 86.5 cm³/mol. The van der Waals surface area contributed by atoms with Crippen molar-refractivity contribution < 1.29 is 9.15 Å². The van der Waals surface area contributed by atoms with Crippen LogP contribution in [0.15, 0.2) is 47.0 Å². The second-order valence-electron chi connectivity index (χ2n) is 5.68. The van der Waals surface area contributed by atoms with E-state index in [4.69, 9.17) is 20.8 Å². The second-order valence-corrected chi connectivity index (χ2v) is 6.11. The normalized spacial score (nSPS) is 17.7. The van der Waals surface area contributed by atoms with Gasteiger partial charge in [0.1, 0.15) is 18.1 Å². The van der Waals surface area contributed by atoms with Crippen LogP contribution in [0.3, 0.4) is 0 Å². The molecule has 0 amide bonds. The first-order valence-corrected chi connectivity index (χ1v) is 7.98. The third kappa shape index (κ3) is 3.16. The molecule has 3 heterocycles. The van der Waals surface area contributed by atoms with Crippen LogP contribution in [0, 0.1) is 0 Å². The van der Waals surface area contributed by atoms with Crippen LogP contribution < -0.4 is 0 Å². The Morgan fingerprint density at radius 3 is 3.04 bits per heavy atom.